The molecule has 3 atom stereocenters. The molecule has 0 aromatic rings. The maximum atomic E-state index is 12.9. The number of carbonyl (C=O) groups is 1. The van der Waals surface area contributed by atoms with Crippen LogP contribution < -0.4 is 10.2 Å². The van der Waals surface area contributed by atoms with Gasteiger partial charge in [0.15, 0.2) is 0 Å². The second-order valence-corrected chi connectivity index (χ2v) is 23.8. The standard InChI is InChI=1S/C65H121N2O6P/c1-6-8-10-12-14-16-18-19-20-21-22-23-24-25-26-27-28-29-30-31-32-33-34-35-36-37-38-39-40-41-42-43-44-45-46-47-49-51-53-55-57-59-65(69)66-63(62-73-74(70,71)72-61-60-67(3,4)5)64(68)58-56-54-52-50-48-17-15-13-11-9-7-2/h8,10,14,16,19-20,22-23,25-26,56,58,63-64,68H,6-7,9,11-13,15,17-18,21,24,27-55,57,59-62H2,1-5H3,(H-,66,69,70,71)/b10-8-,16-14-,20-19-,23-22-,26-25-,58-56+. The molecule has 0 radical (unpaired) electrons. The summed E-state index contributed by atoms with van der Waals surface area (Å²) in [5.41, 5.74) is 0. The Labute approximate surface area is 459 Å². The molecule has 2 N–H and O–H groups in total. The van der Waals surface area contributed by atoms with Crippen LogP contribution in [-0.2, 0) is 18.4 Å². The van der Waals surface area contributed by atoms with Gasteiger partial charge in [0, 0.05) is 6.42 Å². The number of likely N-dealkylation sites (N-methyl/N-ethyl adjacent to an activating group) is 1. The van der Waals surface area contributed by atoms with E-state index in [0.29, 0.717) is 17.4 Å². The molecule has 0 bridgehead atoms. The van der Waals surface area contributed by atoms with Crippen molar-refractivity contribution < 1.29 is 32.9 Å². The lowest BCUT2D eigenvalue weighted by molar-refractivity contribution is -0.870. The van der Waals surface area contributed by atoms with E-state index in [1.165, 1.54) is 193 Å². The Balaban J connectivity index is 3.83. The van der Waals surface area contributed by atoms with E-state index in [0.717, 1.165) is 70.6 Å². The molecule has 8 nitrogen and oxygen atoms in total. The second kappa shape index (κ2) is 55.7. The minimum Gasteiger partial charge on any atom is -0.756 e. The third-order valence-corrected chi connectivity index (χ3v) is 14.9. The molecule has 0 rings (SSSR count). The molecule has 0 saturated carbocycles. The number of phosphoric ester groups is 1. The van der Waals surface area contributed by atoms with E-state index in [1.807, 2.05) is 27.2 Å². The van der Waals surface area contributed by atoms with Crippen LogP contribution >= 0.6 is 7.82 Å². The molecule has 0 aromatic heterocycles. The predicted octanol–water partition coefficient (Wildman–Crippen LogP) is 18.8. The van der Waals surface area contributed by atoms with Gasteiger partial charge in [0.05, 0.1) is 39.9 Å². The summed E-state index contributed by atoms with van der Waals surface area (Å²) < 4.78 is 23.3. The van der Waals surface area contributed by atoms with Gasteiger partial charge in [-0.3, -0.25) is 9.36 Å². The summed E-state index contributed by atoms with van der Waals surface area (Å²) in [5, 5.41) is 13.8. The SMILES string of the molecule is CC/C=C\C/C=C\C/C=C\C/C=C\C/C=C\CCCCCCCCCCCCCCCCCCCCCCCCCCCC(=O)NC(COP(=O)([O-])OCC[N+](C)(C)C)C(O)/C=C/CCCCCCCCCCC. The Kier molecular flexibility index (Phi) is 54.1. The van der Waals surface area contributed by atoms with Gasteiger partial charge in [-0.2, -0.15) is 0 Å². The number of nitrogens with zero attached hydrogens (tertiary/aromatic N) is 1. The lowest BCUT2D eigenvalue weighted by Gasteiger charge is -2.29. The fourth-order valence-corrected chi connectivity index (χ4v) is 9.79. The van der Waals surface area contributed by atoms with Gasteiger partial charge in [-0.05, 0) is 64.2 Å². The highest BCUT2D eigenvalue weighted by Gasteiger charge is 2.23. The van der Waals surface area contributed by atoms with Crippen LogP contribution in [0.15, 0.2) is 72.9 Å². The van der Waals surface area contributed by atoms with Crippen molar-refractivity contribution in [2.24, 2.45) is 0 Å². The van der Waals surface area contributed by atoms with E-state index in [2.05, 4.69) is 79.9 Å². The molecule has 0 aliphatic carbocycles. The first-order valence-electron chi connectivity index (χ1n) is 31.3. The minimum atomic E-state index is -4.59. The molecule has 0 aromatic carbocycles. The molecule has 0 aliphatic rings. The van der Waals surface area contributed by atoms with Crippen molar-refractivity contribution in [3.8, 4) is 0 Å². The molecule has 0 fully saturated rings. The van der Waals surface area contributed by atoms with Gasteiger partial charge in [0.2, 0.25) is 5.91 Å². The van der Waals surface area contributed by atoms with Crippen molar-refractivity contribution in [2.75, 3.05) is 40.9 Å². The van der Waals surface area contributed by atoms with Crippen molar-refractivity contribution >= 4 is 13.7 Å². The number of unbranched alkanes of at least 4 members (excludes halogenated alkanes) is 34. The maximum absolute atomic E-state index is 12.9. The number of allylic oxidation sites excluding steroid dienone is 11. The average molecular weight is 1060 g/mol. The Bertz CT molecular complexity index is 1430. The smallest absolute Gasteiger partial charge is 0.268 e. The van der Waals surface area contributed by atoms with Gasteiger partial charge in [-0.25, -0.2) is 0 Å². The number of nitrogens with one attached hydrogen (secondary N) is 1. The highest BCUT2D eigenvalue weighted by Crippen LogP contribution is 2.38. The number of hydrogen-bond acceptors (Lipinski definition) is 6. The normalized spacial score (nSPS) is 14.3. The zero-order valence-corrected chi connectivity index (χ0v) is 50.2. The van der Waals surface area contributed by atoms with Crippen molar-refractivity contribution in [3.63, 3.8) is 0 Å². The molecule has 1 amide bonds. The summed E-state index contributed by atoms with van der Waals surface area (Å²) in [5.74, 6) is -0.195. The fraction of sp³-hybridized carbons (Fsp3) is 0.800. The first-order valence-corrected chi connectivity index (χ1v) is 32.8. The summed E-state index contributed by atoms with van der Waals surface area (Å²) in [6.07, 6.45) is 77.4. The van der Waals surface area contributed by atoms with E-state index in [4.69, 9.17) is 9.05 Å². The summed E-state index contributed by atoms with van der Waals surface area (Å²) in [7, 11) is 1.27. The Hall–Kier alpha value is -2.06. The molecule has 432 valence electrons. The number of carbonyl (C=O) groups excluding carboxylic acids is 1. The van der Waals surface area contributed by atoms with Crippen LogP contribution in [0.1, 0.15) is 284 Å². The van der Waals surface area contributed by atoms with Crippen molar-refractivity contribution in [1.82, 2.24) is 5.32 Å². The third-order valence-electron chi connectivity index (χ3n) is 13.9. The summed E-state index contributed by atoms with van der Waals surface area (Å²) in [6.45, 7) is 4.53. The summed E-state index contributed by atoms with van der Waals surface area (Å²) in [4.78, 5) is 25.4. The lowest BCUT2D eigenvalue weighted by Crippen LogP contribution is -2.45. The first-order chi connectivity index (χ1) is 36.0. The van der Waals surface area contributed by atoms with Gasteiger partial charge in [0.25, 0.3) is 7.82 Å². The van der Waals surface area contributed by atoms with E-state index in [9.17, 15) is 19.4 Å². The van der Waals surface area contributed by atoms with E-state index < -0.39 is 20.0 Å². The number of aliphatic hydroxyl groups excluding tert-OH is 1. The first kappa shape index (κ1) is 71.9. The number of hydrogen-bond donors (Lipinski definition) is 2. The largest absolute Gasteiger partial charge is 0.756 e. The van der Waals surface area contributed by atoms with Gasteiger partial charge in [0.1, 0.15) is 13.2 Å². The minimum absolute atomic E-state index is 0.000567. The van der Waals surface area contributed by atoms with E-state index in [1.54, 1.807) is 6.08 Å². The third kappa shape index (κ3) is 57.6. The van der Waals surface area contributed by atoms with Crippen LogP contribution in [0.4, 0.5) is 0 Å². The quantitative estimate of drug-likeness (QED) is 0.0272. The van der Waals surface area contributed by atoms with Crippen LogP contribution in [0, 0.1) is 0 Å². The van der Waals surface area contributed by atoms with Crippen LogP contribution in [-0.4, -0.2) is 68.5 Å². The number of phosphoric acid groups is 1. The highest BCUT2D eigenvalue weighted by atomic mass is 31.2. The Morgan fingerprint density at radius 3 is 1.20 bits per heavy atom. The molecule has 9 heteroatoms. The van der Waals surface area contributed by atoms with Gasteiger partial charge < -0.3 is 28.8 Å². The predicted molar refractivity (Wildman–Crippen MR) is 320 cm³/mol. The van der Waals surface area contributed by atoms with Crippen LogP contribution in [0.2, 0.25) is 0 Å². The molecule has 0 aliphatic heterocycles. The average Bonchev–Trinajstić information content (AvgIpc) is 3.36. The monoisotopic (exact) mass is 1060 g/mol. The molecule has 0 saturated heterocycles. The van der Waals surface area contributed by atoms with Crippen molar-refractivity contribution in [1.29, 1.82) is 0 Å². The molecule has 3 unspecified atom stereocenters. The molecular formula is C65H121N2O6P. The number of aliphatic hydroxyl groups is 1. The number of amides is 1. The zero-order valence-electron chi connectivity index (χ0n) is 49.3. The molecular weight excluding hydrogens is 936 g/mol. The van der Waals surface area contributed by atoms with Crippen LogP contribution in [0.3, 0.4) is 0 Å². The summed E-state index contributed by atoms with van der Waals surface area (Å²) in [6, 6.07) is -0.885. The highest BCUT2D eigenvalue weighted by molar-refractivity contribution is 7.45. The van der Waals surface area contributed by atoms with Gasteiger partial charge >= 0.3 is 0 Å². The lowest BCUT2D eigenvalue weighted by atomic mass is 10.0. The van der Waals surface area contributed by atoms with Crippen molar-refractivity contribution in [3.05, 3.63) is 72.9 Å². The maximum Gasteiger partial charge on any atom is 0.268 e. The number of rotatable bonds is 57. The number of quaternary nitrogens is 1. The van der Waals surface area contributed by atoms with Gasteiger partial charge in [-0.1, -0.05) is 286 Å². The zero-order chi connectivity index (χ0) is 54.2. The Morgan fingerprint density at radius 2 is 0.824 bits per heavy atom. The second-order valence-electron chi connectivity index (χ2n) is 22.4. The van der Waals surface area contributed by atoms with E-state index >= 15 is 0 Å². The fourth-order valence-electron chi connectivity index (χ4n) is 9.06. The van der Waals surface area contributed by atoms with Crippen molar-refractivity contribution in [2.45, 2.75) is 296 Å². The topological polar surface area (TPSA) is 108 Å². The summed E-state index contributed by atoms with van der Waals surface area (Å²) >= 11 is 0. The molecule has 74 heavy (non-hydrogen) atoms. The molecule has 0 heterocycles. The van der Waals surface area contributed by atoms with Gasteiger partial charge in [-0.15, -0.1) is 0 Å². The van der Waals surface area contributed by atoms with E-state index in [-0.39, 0.29) is 19.1 Å². The molecule has 0 spiro atoms. The van der Waals surface area contributed by atoms with Crippen LogP contribution in [0.25, 0.3) is 0 Å². The Morgan fingerprint density at radius 1 is 0.486 bits per heavy atom. The van der Waals surface area contributed by atoms with Crippen LogP contribution in [0.5, 0.6) is 0 Å².